The summed E-state index contributed by atoms with van der Waals surface area (Å²) in [5, 5.41) is 9.36. The number of carbonyl (C=O) groups is 1. The van der Waals surface area contributed by atoms with E-state index in [1.807, 2.05) is 38.7 Å². The lowest BCUT2D eigenvalue weighted by molar-refractivity contribution is -0.131. The molecular formula is C14H21NO2S. The third-order valence-electron chi connectivity index (χ3n) is 2.58. The summed E-state index contributed by atoms with van der Waals surface area (Å²) in [6.45, 7) is 8.10. The highest BCUT2D eigenvalue weighted by Crippen LogP contribution is 2.23. The first kappa shape index (κ1) is 14.9. The van der Waals surface area contributed by atoms with Crippen LogP contribution in [0.5, 0.6) is 5.75 Å². The molecule has 1 aromatic rings. The number of carbonyl (C=O) groups excluding carboxylic acids is 1. The minimum atomic E-state index is 0.133. The molecule has 0 bridgehead atoms. The van der Waals surface area contributed by atoms with Crippen LogP contribution in [0, 0.1) is 0 Å². The number of benzene rings is 1. The van der Waals surface area contributed by atoms with Crippen LogP contribution in [0.3, 0.4) is 0 Å². The van der Waals surface area contributed by atoms with Crippen LogP contribution in [0.4, 0.5) is 0 Å². The molecule has 1 rings (SSSR count). The van der Waals surface area contributed by atoms with Crippen molar-refractivity contribution in [3.05, 3.63) is 24.3 Å². The Bertz CT molecular complexity index is 397. The van der Waals surface area contributed by atoms with Crippen molar-refractivity contribution in [3.63, 3.8) is 0 Å². The monoisotopic (exact) mass is 267 g/mol. The topological polar surface area (TPSA) is 40.5 Å². The van der Waals surface area contributed by atoms with Gasteiger partial charge in [0.25, 0.3) is 0 Å². The zero-order valence-corrected chi connectivity index (χ0v) is 12.2. The molecule has 0 heterocycles. The number of aromatic hydroxyl groups is 1. The van der Waals surface area contributed by atoms with Gasteiger partial charge in [-0.3, -0.25) is 4.79 Å². The zero-order valence-electron chi connectivity index (χ0n) is 11.4. The highest BCUT2D eigenvalue weighted by Gasteiger charge is 2.19. The maximum atomic E-state index is 12.1. The van der Waals surface area contributed by atoms with Gasteiger partial charge in [0.15, 0.2) is 0 Å². The maximum absolute atomic E-state index is 12.1. The molecular weight excluding hydrogens is 246 g/mol. The molecule has 0 saturated carbocycles. The van der Waals surface area contributed by atoms with Gasteiger partial charge in [-0.25, -0.2) is 0 Å². The van der Waals surface area contributed by atoms with Crippen molar-refractivity contribution >= 4 is 17.7 Å². The molecule has 0 radical (unpaired) electrons. The molecule has 0 fully saturated rings. The van der Waals surface area contributed by atoms with Crippen LogP contribution in [0.25, 0.3) is 0 Å². The Labute approximate surface area is 113 Å². The van der Waals surface area contributed by atoms with Gasteiger partial charge in [0.05, 0.1) is 5.75 Å². The van der Waals surface area contributed by atoms with Crippen molar-refractivity contribution < 1.29 is 9.90 Å². The Morgan fingerprint density at radius 2 is 1.89 bits per heavy atom. The van der Waals surface area contributed by atoms with Gasteiger partial charge in [0.2, 0.25) is 5.91 Å². The Kier molecular flexibility index (Phi) is 5.54. The normalized spacial score (nSPS) is 11.0. The van der Waals surface area contributed by atoms with E-state index in [1.54, 1.807) is 18.2 Å². The number of phenolic OH excluding ortho intramolecular Hbond substituents is 1. The summed E-state index contributed by atoms with van der Waals surface area (Å²) in [6, 6.07) is 7.40. The van der Waals surface area contributed by atoms with E-state index in [4.69, 9.17) is 0 Å². The molecule has 0 aliphatic heterocycles. The van der Waals surface area contributed by atoms with Gasteiger partial charge >= 0.3 is 0 Å². The summed E-state index contributed by atoms with van der Waals surface area (Å²) in [5.74, 6) is 0.769. The lowest BCUT2D eigenvalue weighted by Gasteiger charge is -2.30. The average Bonchev–Trinajstić information content (AvgIpc) is 2.25. The second-order valence-electron chi connectivity index (χ2n) is 4.77. The van der Waals surface area contributed by atoms with Gasteiger partial charge in [-0.2, -0.15) is 0 Å². The van der Waals surface area contributed by atoms with Crippen molar-refractivity contribution in [3.8, 4) is 5.75 Å². The van der Waals surface area contributed by atoms with Gasteiger partial charge in [-0.15, -0.1) is 11.8 Å². The maximum Gasteiger partial charge on any atom is 0.233 e. The fourth-order valence-electron chi connectivity index (χ4n) is 1.97. The van der Waals surface area contributed by atoms with E-state index in [1.165, 1.54) is 11.8 Å². The summed E-state index contributed by atoms with van der Waals surface area (Å²) < 4.78 is 0. The number of amides is 1. The number of hydrogen-bond donors (Lipinski definition) is 1. The molecule has 0 aliphatic rings. The van der Waals surface area contributed by atoms with Crippen molar-refractivity contribution in [2.45, 2.75) is 44.7 Å². The standard InChI is InChI=1S/C14H21NO2S/c1-10(2)15(11(3)4)14(17)9-18-13-7-5-6-12(16)8-13/h5-8,10-11,16H,9H2,1-4H3. The molecule has 4 heteroatoms. The van der Waals surface area contributed by atoms with Gasteiger partial charge < -0.3 is 10.0 Å². The van der Waals surface area contributed by atoms with Crippen LogP contribution in [0.15, 0.2) is 29.2 Å². The van der Waals surface area contributed by atoms with E-state index < -0.39 is 0 Å². The molecule has 3 nitrogen and oxygen atoms in total. The predicted molar refractivity (Wildman–Crippen MR) is 75.9 cm³/mol. The summed E-state index contributed by atoms with van der Waals surface area (Å²) in [4.78, 5) is 14.9. The number of phenols is 1. The van der Waals surface area contributed by atoms with Gasteiger partial charge in [-0.1, -0.05) is 6.07 Å². The third kappa shape index (κ3) is 4.26. The first-order chi connectivity index (χ1) is 8.41. The molecule has 0 spiro atoms. The molecule has 18 heavy (non-hydrogen) atoms. The first-order valence-electron chi connectivity index (χ1n) is 6.14. The second-order valence-corrected chi connectivity index (χ2v) is 5.82. The Morgan fingerprint density at radius 1 is 1.28 bits per heavy atom. The molecule has 0 aromatic heterocycles. The predicted octanol–water partition coefficient (Wildman–Crippen LogP) is 3.13. The summed E-state index contributed by atoms with van der Waals surface area (Å²) in [7, 11) is 0. The minimum absolute atomic E-state index is 0.133. The van der Waals surface area contributed by atoms with Crippen LogP contribution in [0.1, 0.15) is 27.7 Å². The smallest absolute Gasteiger partial charge is 0.233 e. The van der Waals surface area contributed by atoms with Crippen LogP contribution >= 0.6 is 11.8 Å². The zero-order chi connectivity index (χ0) is 13.7. The van der Waals surface area contributed by atoms with Crippen LogP contribution in [-0.2, 0) is 4.79 Å². The van der Waals surface area contributed by atoms with E-state index in [-0.39, 0.29) is 23.7 Å². The lowest BCUT2D eigenvalue weighted by Crippen LogP contribution is -2.43. The third-order valence-corrected chi connectivity index (χ3v) is 3.56. The van der Waals surface area contributed by atoms with Crippen LogP contribution < -0.4 is 0 Å². The van der Waals surface area contributed by atoms with E-state index in [2.05, 4.69) is 0 Å². The van der Waals surface area contributed by atoms with E-state index >= 15 is 0 Å². The number of thioether (sulfide) groups is 1. The second kappa shape index (κ2) is 6.69. The molecule has 1 amide bonds. The van der Waals surface area contributed by atoms with E-state index in [9.17, 15) is 9.90 Å². The van der Waals surface area contributed by atoms with Crippen molar-refractivity contribution in [1.29, 1.82) is 0 Å². The summed E-state index contributed by atoms with van der Waals surface area (Å²) in [6.07, 6.45) is 0. The molecule has 0 saturated heterocycles. The quantitative estimate of drug-likeness (QED) is 0.833. The Balaban J connectivity index is 2.60. The summed E-state index contributed by atoms with van der Waals surface area (Å²) in [5.41, 5.74) is 0. The van der Waals surface area contributed by atoms with Crippen LogP contribution in [-0.4, -0.2) is 33.8 Å². The minimum Gasteiger partial charge on any atom is -0.508 e. The SMILES string of the molecule is CC(C)N(C(=O)CSc1cccc(O)c1)C(C)C. The van der Waals surface area contributed by atoms with Crippen molar-refractivity contribution in [2.24, 2.45) is 0 Å². The number of nitrogens with zero attached hydrogens (tertiary/aromatic N) is 1. The average molecular weight is 267 g/mol. The highest BCUT2D eigenvalue weighted by atomic mass is 32.2. The fraction of sp³-hybridized carbons (Fsp3) is 0.500. The fourth-order valence-corrected chi connectivity index (χ4v) is 2.78. The highest BCUT2D eigenvalue weighted by molar-refractivity contribution is 8.00. The molecule has 1 N–H and O–H groups in total. The molecule has 0 aliphatic carbocycles. The first-order valence-corrected chi connectivity index (χ1v) is 7.13. The Morgan fingerprint density at radius 3 is 2.39 bits per heavy atom. The van der Waals surface area contributed by atoms with Gasteiger partial charge in [0.1, 0.15) is 5.75 Å². The molecule has 100 valence electrons. The molecule has 1 aromatic carbocycles. The van der Waals surface area contributed by atoms with Crippen molar-refractivity contribution in [1.82, 2.24) is 4.90 Å². The number of rotatable bonds is 5. The van der Waals surface area contributed by atoms with Crippen LogP contribution in [0.2, 0.25) is 0 Å². The van der Waals surface area contributed by atoms with Gasteiger partial charge in [-0.05, 0) is 45.9 Å². The largest absolute Gasteiger partial charge is 0.508 e. The van der Waals surface area contributed by atoms with E-state index in [0.29, 0.717) is 5.75 Å². The van der Waals surface area contributed by atoms with Crippen molar-refractivity contribution in [2.75, 3.05) is 5.75 Å². The molecule has 0 atom stereocenters. The lowest BCUT2D eigenvalue weighted by atomic mass is 10.2. The summed E-state index contributed by atoms with van der Waals surface area (Å²) >= 11 is 1.45. The molecule has 0 unspecified atom stereocenters. The van der Waals surface area contributed by atoms with Gasteiger partial charge in [0, 0.05) is 17.0 Å². The van der Waals surface area contributed by atoms with E-state index in [0.717, 1.165) is 4.90 Å². The number of hydrogen-bond acceptors (Lipinski definition) is 3. The Hall–Kier alpha value is -1.16.